The molecule has 1 unspecified atom stereocenters. The summed E-state index contributed by atoms with van der Waals surface area (Å²) in [7, 11) is 0. The van der Waals surface area contributed by atoms with Crippen LogP contribution in [0.2, 0.25) is 0 Å². The summed E-state index contributed by atoms with van der Waals surface area (Å²) < 4.78 is 13.1. The van der Waals surface area contributed by atoms with Gasteiger partial charge in [-0.25, -0.2) is 4.79 Å². The van der Waals surface area contributed by atoms with E-state index in [1.54, 1.807) is 13.0 Å². The number of ether oxygens (including phenoxy) is 2. The van der Waals surface area contributed by atoms with E-state index in [-0.39, 0.29) is 30.7 Å². The molecule has 1 heterocycles. The van der Waals surface area contributed by atoms with Crippen LogP contribution in [0.3, 0.4) is 0 Å². The molecule has 5 rings (SSSR count). The molecule has 1 aliphatic carbocycles. The first-order chi connectivity index (χ1) is 20.0. The van der Waals surface area contributed by atoms with E-state index in [1.165, 1.54) is 16.2 Å². The number of carbonyl (C=O) groups excluding carboxylic acids is 2. The Labute approximate surface area is 242 Å². The predicted octanol–water partition coefficient (Wildman–Crippen LogP) is 3.86. The van der Waals surface area contributed by atoms with Crippen molar-refractivity contribution in [2.75, 3.05) is 6.61 Å². The summed E-state index contributed by atoms with van der Waals surface area (Å²) >= 11 is 1.15. The van der Waals surface area contributed by atoms with Crippen LogP contribution in [0.25, 0.3) is 12.2 Å². The van der Waals surface area contributed by atoms with Gasteiger partial charge in [0, 0.05) is 0 Å². The molecule has 0 bridgehead atoms. The summed E-state index contributed by atoms with van der Waals surface area (Å²) in [4.78, 5) is 38.9. The molecule has 0 saturated heterocycles. The molecule has 1 aliphatic rings. The van der Waals surface area contributed by atoms with E-state index in [2.05, 4.69) is 11.4 Å². The second kappa shape index (κ2) is 13.3. The topological polar surface area (TPSA) is 86.6 Å². The number of aryl methyl sites for hydroxylation is 1. The highest BCUT2D eigenvalue weighted by Crippen LogP contribution is 2.29. The lowest BCUT2D eigenvalue weighted by atomic mass is 9.88. The van der Waals surface area contributed by atoms with E-state index in [4.69, 9.17) is 9.47 Å². The predicted molar refractivity (Wildman–Crippen MR) is 160 cm³/mol. The van der Waals surface area contributed by atoms with E-state index >= 15 is 0 Å². The Morgan fingerprint density at radius 2 is 1.78 bits per heavy atom. The van der Waals surface area contributed by atoms with Gasteiger partial charge in [-0.3, -0.25) is 14.2 Å². The number of carbonyl (C=O) groups is 2. The Morgan fingerprint density at radius 1 is 1.02 bits per heavy atom. The zero-order valence-corrected chi connectivity index (χ0v) is 23.7. The van der Waals surface area contributed by atoms with Crippen molar-refractivity contribution in [1.82, 2.24) is 9.88 Å². The summed E-state index contributed by atoms with van der Waals surface area (Å²) in [5.41, 5.74) is 3.89. The Bertz CT molecular complexity index is 1690. The van der Waals surface area contributed by atoms with Crippen molar-refractivity contribution in [1.29, 1.82) is 0 Å². The molecule has 41 heavy (non-hydrogen) atoms. The van der Waals surface area contributed by atoms with Crippen LogP contribution in [0.1, 0.15) is 48.1 Å². The van der Waals surface area contributed by atoms with Crippen LogP contribution in [0.5, 0.6) is 5.75 Å². The number of hydrogen-bond acceptors (Lipinski definition) is 6. The molecule has 4 aromatic rings. The zero-order valence-electron chi connectivity index (χ0n) is 22.9. The maximum absolute atomic E-state index is 13.5. The van der Waals surface area contributed by atoms with Crippen LogP contribution < -0.4 is 24.8 Å². The Morgan fingerprint density at radius 3 is 2.56 bits per heavy atom. The minimum atomic E-state index is -0.560. The first kappa shape index (κ1) is 28.1. The smallest absolute Gasteiger partial charge is 0.333 e. The van der Waals surface area contributed by atoms with Gasteiger partial charge in [0.2, 0.25) is 5.91 Å². The highest BCUT2D eigenvalue weighted by molar-refractivity contribution is 7.07. The molecule has 1 N–H and O–H groups in total. The molecule has 1 aromatic heterocycles. The molecule has 3 aromatic carbocycles. The SMILES string of the molecule is CCOC(=O)/C=c1/s/c(=C\c2ccc(OCc3ccccc3)cc2)c(=O)n1CC(=O)NC1CCCc2ccccc21. The highest BCUT2D eigenvalue weighted by atomic mass is 32.1. The summed E-state index contributed by atoms with van der Waals surface area (Å²) in [5.74, 6) is -0.126. The summed E-state index contributed by atoms with van der Waals surface area (Å²) in [5, 5.41) is 3.10. The fourth-order valence-corrected chi connectivity index (χ4v) is 5.95. The van der Waals surface area contributed by atoms with Crippen molar-refractivity contribution < 1.29 is 19.1 Å². The third kappa shape index (κ3) is 7.21. The fraction of sp³-hybridized carbons (Fsp3) is 0.242. The summed E-state index contributed by atoms with van der Waals surface area (Å²) in [6.45, 7) is 2.19. The lowest BCUT2D eigenvalue weighted by Crippen LogP contribution is -2.40. The molecule has 0 aliphatic heterocycles. The average molecular weight is 569 g/mol. The Hall–Kier alpha value is -4.43. The number of amides is 1. The van der Waals surface area contributed by atoms with Gasteiger partial charge < -0.3 is 14.8 Å². The molecule has 1 atom stereocenters. The van der Waals surface area contributed by atoms with Gasteiger partial charge in [-0.15, -0.1) is 11.3 Å². The minimum Gasteiger partial charge on any atom is -0.489 e. The van der Waals surface area contributed by atoms with Gasteiger partial charge in [0.1, 0.15) is 23.6 Å². The molecular weight excluding hydrogens is 536 g/mol. The monoisotopic (exact) mass is 568 g/mol. The van der Waals surface area contributed by atoms with Crippen LogP contribution in [0.4, 0.5) is 0 Å². The summed E-state index contributed by atoms with van der Waals surface area (Å²) in [6.07, 6.45) is 5.84. The fourth-order valence-electron chi connectivity index (χ4n) is 4.92. The van der Waals surface area contributed by atoms with Gasteiger partial charge in [-0.05, 0) is 66.6 Å². The van der Waals surface area contributed by atoms with E-state index in [1.807, 2.05) is 72.8 Å². The van der Waals surface area contributed by atoms with Crippen molar-refractivity contribution in [2.24, 2.45) is 0 Å². The van der Waals surface area contributed by atoms with Gasteiger partial charge >= 0.3 is 5.97 Å². The number of nitrogens with one attached hydrogen (secondary N) is 1. The van der Waals surface area contributed by atoms with Gasteiger partial charge in [-0.1, -0.05) is 66.7 Å². The zero-order chi connectivity index (χ0) is 28.6. The number of aromatic nitrogens is 1. The van der Waals surface area contributed by atoms with Crippen molar-refractivity contribution in [2.45, 2.75) is 45.4 Å². The number of fused-ring (bicyclic) bond motifs is 1. The highest BCUT2D eigenvalue weighted by Gasteiger charge is 2.22. The Balaban J connectivity index is 1.37. The van der Waals surface area contributed by atoms with Gasteiger partial charge in [0.05, 0.1) is 23.3 Å². The molecule has 8 heteroatoms. The number of hydrogen-bond donors (Lipinski definition) is 1. The standard InChI is InChI=1S/C33H32N2O5S/c1-2-39-32(37)20-31-35(21-30(36)34-28-14-8-12-25-11-6-7-13-27(25)28)33(38)29(41-31)19-23-15-17-26(18-16-23)40-22-24-9-4-3-5-10-24/h3-7,9-11,13,15-20,28H,2,8,12,14,21-22H2,1H3,(H,34,36)/b29-19-,31-20+. The molecule has 0 spiro atoms. The van der Waals surface area contributed by atoms with Crippen LogP contribution >= 0.6 is 11.3 Å². The average Bonchev–Trinajstić information content (AvgIpc) is 3.26. The molecular formula is C33H32N2O5S. The number of nitrogens with zero attached hydrogens (tertiary/aromatic N) is 1. The number of thiazole rings is 1. The third-order valence-corrected chi connectivity index (χ3v) is 7.96. The van der Waals surface area contributed by atoms with Crippen molar-refractivity contribution >= 4 is 35.4 Å². The van der Waals surface area contributed by atoms with Crippen LogP contribution in [-0.2, 0) is 33.9 Å². The van der Waals surface area contributed by atoms with Crippen molar-refractivity contribution in [3.63, 3.8) is 0 Å². The van der Waals surface area contributed by atoms with Crippen LogP contribution in [-0.4, -0.2) is 23.1 Å². The van der Waals surface area contributed by atoms with E-state index in [0.29, 0.717) is 21.6 Å². The quantitative estimate of drug-likeness (QED) is 0.310. The minimum absolute atomic E-state index is 0.104. The van der Waals surface area contributed by atoms with Crippen molar-refractivity contribution in [3.8, 4) is 5.75 Å². The number of rotatable bonds is 9. The summed E-state index contributed by atoms with van der Waals surface area (Å²) in [6, 6.07) is 25.4. The number of benzene rings is 3. The molecule has 0 saturated carbocycles. The maximum atomic E-state index is 13.5. The first-order valence-corrected chi connectivity index (χ1v) is 14.6. The van der Waals surface area contributed by atoms with Gasteiger partial charge in [0.15, 0.2) is 0 Å². The van der Waals surface area contributed by atoms with E-state index in [0.717, 1.165) is 47.3 Å². The Kier molecular flexibility index (Phi) is 9.11. The van der Waals surface area contributed by atoms with Gasteiger partial charge in [0.25, 0.3) is 5.56 Å². The second-order valence-electron chi connectivity index (χ2n) is 9.79. The van der Waals surface area contributed by atoms with E-state index in [9.17, 15) is 14.4 Å². The lowest BCUT2D eigenvalue weighted by molar-refractivity contribution is -0.135. The largest absolute Gasteiger partial charge is 0.489 e. The van der Waals surface area contributed by atoms with Crippen molar-refractivity contribution in [3.05, 3.63) is 121 Å². The molecule has 0 fully saturated rings. The van der Waals surface area contributed by atoms with Gasteiger partial charge in [-0.2, -0.15) is 0 Å². The van der Waals surface area contributed by atoms with Crippen LogP contribution in [0, 0.1) is 0 Å². The third-order valence-electron chi connectivity index (χ3n) is 6.90. The lowest BCUT2D eigenvalue weighted by Gasteiger charge is -2.26. The normalized spacial score (nSPS) is 15.3. The molecule has 0 radical (unpaired) electrons. The van der Waals surface area contributed by atoms with Crippen LogP contribution in [0.15, 0.2) is 83.7 Å². The number of esters is 1. The molecule has 1 amide bonds. The molecule has 210 valence electrons. The second-order valence-corrected chi connectivity index (χ2v) is 10.9. The molecule has 7 nitrogen and oxygen atoms in total. The van der Waals surface area contributed by atoms with E-state index < -0.39 is 5.97 Å². The maximum Gasteiger partial charge on any atom is 0.333 e. The first-order valence-electron chi connectivity index (χ1n) is 13.7.